The molecule has 3 aliphatic rings. The van der Waals surface area contributed by atoms with Crippen LogP contribution in [0.5, 0.6) is 5.75 Å². The predicted octanol–water partition coefficient (Wildman–Crippen LogP) is 2.93. The third-order valence-corrected chi connectivity index (χ3v) is 6.59. The topological polar surface area (TPSA) is 90.7 Å². The molecule has 0 aromatic heterocycles. The molecule has 0 spiro atoms. The Morgan fingerprint density at radius 1 is 1.04 bits per heavy atom. The summed E-state index contributed by atoms with van der Waals surface area (Å²) in [5, 5.41) is 0. The molecule has 158 valence electrons. The lowest BCUT2D eigenvalue weighted by molar-refractivity contribution is 0.0130. The zero-order valence-corrected chi connectivity index (χ0v) is 17.6. The van der Waals surface area contributed by atoms with E-state index >= 15 is 0 Å². The van der Waals surface area contributed by atoms with Crippen LogP contribution in [0.15, 0.2) is 24.3 Å². The Morgan fingerprint density at radius 2 is 1.79 bits per heavy atom. The lowest BCUT2D eigenvalue weighted by atomic mass is 9.82. The maximum Gasteiger partial charge on any atom is 0.209 e. The number of ether oxygens (including phenoxy) is 2. The summed E-state index contributed by atoms with van der Waals surface area (Å²) < 4.78 is 38.3. The van der Waals surface area contributed by atoms with Crippen LogP contribution in [0.4, 0.5) is 0 Å². The average Bonchev–Trinajstić information content (AvgIpc) is 2.67. The number of fused-ring (bicyclic) bond motifs is 11. The Morgan fingerprint density at radius 3 is 2.54 bits per heavy atom. The number of hydrogen-bond donors (Lipinski definition) is 2. The van der Waals surface area contributed by atoms with Gasteiger partial charge in [0, 0.05) is 12.1 Å². The Balaban J connectivity index is 1.69. The van der Waals surface area contributed by atoms with Crippen molar-refractivity contribution < 1.29 is 17.9 Å². The van der Waals surface area contributed by atoms with Gasteiger partial charge >= 0.3 is 0 Å². The van der Waals surface area contributed by atoms with E-state index in [2.05, 4.69) is 22.9 Å². The van der Waals surface area contributed by atoms with Crippen molar-refractivity contribution in [2.75, 3.05) is 19.5 Å². The maximum atomic E-state index is 11.7. The zero-order chi connectivity index (χ0) is 20.0. The van der Waals surface area contributed by atoms with Gasteiger partial charge in [0.15, 0.2) is 0 Å². The lowest BCUT2D eigenvalue weighted by Gasteiger charge is -2.32. The van der Waals surface area contributed by atoms with Crippen molar-refractivity contribution in [2.24, 2.45) is 5.73 Å². The van der Waals surface area contributed by atoms with E-state index in [-0.39, 0.29) is 18.2 Å². The first kappa shape index (κ1) is 21.6. The van der Waals surface area contributed by atoms with Gasteiger partial charge in [0.2, 0.25) is 10.0 Å². The minimum atomic E-state index is -3.30. The smallest absolute Gasteiger partial charge is 0.209 e. The van der Waals surface area contributed by atoms with E-state index in [1.54, 1.807) is 0 Å². The van der Waals surface area contributed by atoms with Crippen molar-refractivity contribution in [1.82, 2.24) is 4.72 Å². The van der Waals surface area contributed by atoms with Crippen LogP contribution in [0.25, 0.3) is 0 Å². The zero-order valence-electron chi connectivity index (χ0n) is 16.8. The molecule has 7 heteroatoms. The monoisotopic (exact) mass is 410 g/mol. The summed E-state index contributed by atoms with van der Waals surface area (Å²) in [7, 11) is -3.30. The minimum absolute atomic E-state index is 0.196. The van der Waals surface area contributed by atoms with E-state index in [0.29, 0.717) is 25.6 Å². The van der Waals surface area contributed by atoms with Crippen LogP contribution in [-0.4, -0.2) is 46.1 Å². The fourth-order valence-corrected chi connectivity index (χ4v) is 5.16. The van der Waals surface area contributed by atoms with Gasteiger partial charge in [-0.15, -0.1) is 0 Å². The van der Waals surface area contributed by atoms with Gasteiger partial charge in [-0.2, -0.15) is 0 Å². The van der Waals surface area contributed by atoms with Gasteiger partial charge in [0.25, 0.3) is 0 Å². The van der Waals surface area contributed by atoms with Crippen LogP contribution in [0, 0.1) is 0 Å². The lowest BCUT2D eigenvalue weighted by Crippen LogP contribution is -2.50. The summed E-state index contributed by atoms with van der Waals surface area (Å²) in [5.74, 6) is 1.52. The molecule has 1 aromatic carbocycles. The second-order valence-electron chi connectivity index (χ2n) is 8.20. The van der Waals surface area contributed by atoms with Gasteiger partial charge in [-0.1, -0.05) is 31.0 Å². The number of sulfonamides is 1. The van der Waals surface area contributed by atoms with E-state index in [9.17, 15) is 8.42 Å². The van der Waals surface area contributed by atoms with Gasteiger partial charge < -0.3 is 15.2 Å². The molecule has 4 rings (SSSR count). The molecule has 1 saturated carbocycles. The average molecular weight is 411 g/mol. The fourth-order valence-electron chi connectivity index (χ4n) is 4.31. The SMILES string of the molecule is CS(=O)(=O)N[C@H]1CCCCCOc2ccccc2[C@H]2CC[C@H](CC2)OC[C@@H]1N. The number of nitrogens with two attached hydrogens (primary N) is 1. The van der Waals surface area contributed by atoms with E-state index in [0.717, 1.165) is 50.7 Å². The summed E-state index contributed by atoms with van der Waals surface area (Å²) in [5.41, 5.74) is 7.63. The van der Waals surface area contributed by atoms with Gasteiger partial charge in [0.05, 0.1) is 25.6 Å². The van der Waals surface area contributed by atoms with Crippen molar-refractivity contribution >= 4 is 10.0 Å². The number of para-hydroxylation sites is 1. The maximum absolute atomic E-state index is 11.7. The van der Waals surface area contributed by atoms with Crippen LogP contribution in [-0.2, 0) is 14.8 Å². The molecule has 2 aliphatic heterocycles. The standard InChI is InChI=1S/C21H34N2O4S/c1-28(24,25)23-20-8-3-2-6-14-26-21-9-5-4-7-18(21)16-10-12-17(13-11-16)27-15-19(20)22/h4-5,7,9,16-17,19-20,23H,2-3,6,8,10-15,22H2,1H3/t16-,17+,19-,20-/m0/s1. The number of rotatable bonds is 2. The van der Waals surface area contributed by atoms with Crippen LogP contribution in [0.1, 0.15) is 62.8 Å². The largest absolute Gasteiger partial charge is 0.493 e. The first-order valence-corrected chi connectivity index (χ1v) is 12.4. The van der Waals surface area contributed by atoms with Crippen molar-refractivity contribution in [3.05, 3.63) is 29.8 Å². The molecule has 3 N–H and O–H groups in total. The number of benzene rings is 1. The van der Waals surface area contributed by atoms with Crippen LogP contribution in [0.2, 0.25) is 0 Å². The van der Waals surface area contributed by atoms with Crippen LogP contribution in [0.3, 0.4) is 0 Å². The molecule has 1 aliphatic carbocycles. The normalized spacial score (nSPS) is 30.4. The first-order chi connectivity index (χ1) is 13.4. The van der Waals surface area contributed by atoms with Crippen LogP contribution < -0.4 is 15.2 Å². The van der Waals surface area contributed by atoms with Gasteiger partial charge in [-0.05, 0) is 56.1 Å². The Bertz CT molecular complexity index is 717. The molecule has 0 amide bonds. The summed E-state index contributed by atoms with van der Waals surface area (Å²) in [6, 6.07) is 7.78. The van der Waals surface area contributed by atoms with E-state index in [1.165, 1.54) is 11.8 Å². The van der Waals surface area contributed by atoms with E-state index in [1.807, 2.05) is 6.07 Å². The number of nitrogens with one attached hydrogen (secondary N) is 1. The predicted molar refractivity (Wildman–Crippen MR) is 111 cm³/mol. The Labute approximate surface area is 169 Å². The van der Waals surface area contributed by atoms with Crippen LogP contribution >= 0.6 is 0 Å². The second kappa shape index (κ2) is 10.1. The third kappa shape index (κ3) is 6.44. The van der Waals surface area contributed by atoms with Gasteiger partial charge in [0.1, 0.15) is 5.75 Å². The quantitative estimate of drug-likeness (QED) is 0.782. The highest BCUT2D eigenvalue weighted by Crippen LogP contribution is 2.38. The second-order valence-corrected chi connectivity index (χ2v) is 9.98. The third-order valence-electron chi connectivity index (χ3n) is 5.86. The first-order valence-electron chi connectivity index (χ1n) is 10.5. The van der Waals surface area contributed by atoms with Crippen molar-refractivity contribution in [1.29, 1.82) is 0 Å². The highest BCUT2D eigenvalue weighted by Gasteiger charge is 2.27. The van der Waals surface area contributed by atoms with Gasteiger partial charge in [-0.25, -0.2) is 13.1 Å². The molecule has 0 unspecified atom stereocenters. The Hall–Kier alpha value is -1.15. The molecule has 2 bridgehead atoms. The molecule has 1 fully saturated rings. The van der Waals surface area contributed by atoms with Gasteiger partial charge in [-0.3, -0.25) is 0 Å². The molecule has 0 radical (unpaired) electrons. The Kier molecular flexibility index (Phi) is 7.74. The molecule has 1 aromatic rings. The molecule has 6 nitrogen and oxygen atoms in total. The highest BCUT2D eigenvalue weighted by atomic mass is 32.2. The summed E-state index contributed by atoms with van der Waals surface area (Å²) in [6.07, 6.45) is 9.05. The van der Waals surface area contributed by atoms with Crippen molar-refractivity contribution in [3.8, 4) is 5.75 Å². The number of hydrogen-bond acceptors (Lipinski definition) is 5. The van der Waals surface area contributed by atoms with Crippen molar-refractivity contribution in [3.63, 3.8) is 0 Å². The summed E-state index contributed by atoms with van der Waals surface area (Å²) in [6.45, 7) is 1.08. The minimum Gasteiger partial charge on any atom is -0.493 e. The van der Waals surface area contributed by atoms with Crippen molar-refractivity contribution in [2.45, 2.75) is 75.5 Å². The summed E-state index contributed by atoms with van der Waals surface area (Å²) in [4.78, 5) is 0. The summed E-state index contributed by atoms with van der Waals surface area (Å²) >= 11 is 0. The molecule has 28 heavy (non-hydrogen) atoms. The molecule has 2 heterocycles. The van der Waals surface area contributed by atoms with E-state index < -0.39 is 10.0 Å². The molecular weight excluding hydrogens is 376 g/mol. The molecule has 0 saturated heterocycles. The highest BCUT2D eigenvalue weighted by molar-refractivity contribution is 7.88. The molecular formula is C21H34N2O4S. The van der Waals surface area contributed by atoms with E-state index in [4.69, 9.17) is 15.2 Å². The fraction of sp³-hybridized carbons (Fsp3) is 0.714. The molecule has 2 atom stereocenters.